The molecule has 1 heterocycles. The molecule has 0 saturated carbocycles. The van der Waals surface area contributed by atoms with Crippen molar-refractivity contribution in [1.29, 1.82) is 0 Å². The molecule has 1 N–H and O–H groups in total. The lowest BCUT2D eigenvalue weighted by Gasteiger charge is -2.07. The zero-order valence-corrected chi connectivity index (χ0v) is 10.9. The topological polar surface area (TPSA) is 50.2 Å². The first kappa shape index (κ1) is 12.8. The van der Waals surface area contributed by atoms with Crippen molar-refractivity contribution in [3.8, 4) is 0 Å². The van der Waals surface area contributed by atoms with Crippen molar-refractivity contribution < 1.29 is 18.7 Å². The number of carboxylic acids is 1. The summed E-state index contributed by atoms with van der Waals surface area (Å²) in [5.41, 5.74) is -0.0542. The van der Waals surface area contributed by atoms with Gasteiger partial charge in [0.15, 0.2) is 0 Å². The Balaban J connectivity index is 3.21. The second-order valence-corrected chi connectivity index (χ2v) is 4.56. The summed E-state index contributed by atoms with van der Waals surface area (Å²) >= 11 is 4.64. The summed E-state index contributed by atoms with van der Waals surface area (Å²) < 4.78 is 25.5. The minimum atomic E-state index is -2.64. The van der Waals surface area contributed by atoms with Crippen LogP contribution in [0.2, 0.25) is 0 Å². The van der Waals surface area contributed by atoms with Crippen molar-refractivity contribution in [1.82, 2.24) is 4.98 Å². The molecule has 7 heteroatoms. The van der Waals surface area contributed by atoms with Crippen LogP contribution in [-0.2, 0) is 11.2 Å². The van der Waals surface area contributed by atoms with Crippen LogP contribution in [0.15, 0.2) is 10.7 Å². The van der Waals surface area contributed by atoms with E-state index in [4.69, 9.17) is 5.11 Å². The van der Waals surface area contributed by atoms with Gasteiger partial charge in [0.2, 0.25) is 0 Å². The normalized spacial score (nSPS) is 10.7. The standard InChI is InChI=1S/C8H5BrF2INO2/c9-5-1-3(8(10)11)7(12)4(13-5)2-6(14)15/h1,8H,2H2,(H,14,15). The molecule has 1 rings (SSSR count). The lowest BCUT2D eigenvalue weighted by atomic mass is 10.2. The first-order valence-electron chi connectivity index (χ1n) is 3.76. The van der Waals surface area contributed by atoms with Crippen molar-refractivity contribution in [3.05, 3.63) is 25.5 Å². The summed E-state index contributed by atoms with van der Waals surface area (Å²) in [4.78, 5) is 14.3. The molecule has 0 spiro atoms. The SMILES string of the molecule is O=C(O)Cc1nc(Br)cc(C(F)F)c1I. The van der Waals surface area contributed by atoms with Gasteiger partial charge in [-0.25, -0.2) is 13.8 Å². The molecular formula is C8H5BrF2INO2. The molecule has 0 bridgehead atoms. The molecule has 0 aliphatic carbocycles. The molecule has 1 aromatic rings. The largest absolute Gasteiger partial charge is 0.481 e. The Kier molecular flexibility index (Phi) is 4.38. The van der Waals surface area contributed by atoms with Crippen LogP contribution >= 0.6 is 38.5 Å². The summed E-state index contributed by atoms with van der Waals surface area (Å²) in [5, 5.41) is 8.57. The fraction of sp³-hybridized carbons (Fsp3) is 0.250. The quantitative estimate of drug-likeness (QED) is 0.636. The minimum Gasteiger partial charge on any atom is -0.481 e. The molecule has 0 aliphatic rings. The fourth-order valence-electron chi connectivity index (χ4n) is 0.988. The summed E-state index contributed by atoms with van der Waals surface area (Å²) in [6.45, 7) is 0. The summed E-state index contributed by atoms with van der Waals surface area (Å²) in [6, 6.07) is 1.19. The van der Waals surface area contributed by atoms with E-state index in [1.54, 1.807) is 22.6 Å². The highest BCUT2D eigenvalue weighted by atomic mass is 127. The van der Waals surface area contributed by atoms with Crippen LogP contribution in [0.1, 0.15) is 17.7 Å². The Morgan fingerprint density at radius 1 is 1.67 bits per heavy atom. The van der Waals surface area contributed by atoms with Crippen molar-refractivity contribution >= 4 is 44.5 Å². The number of alkyl halides is 2. The number of pyridine rings is 1. The van der Waals surface area contributed by atoms with Gasteiger partial charge in [0.05, 0.1) is 12.1 Å². The second-order valence-electron chi connectivity index (χ2n) is 2.67. The lowest BCUT2D eigenvalue weighted by Crippen LogP contribution is -2.07. The van der Waals surface area contributed by atoms with Gasteiger partial charge < -0.3 is 5.11 Å². The summed E-state index contributed by atoms with van der Waals surface area (Å²) in [6.07, 6.45) is -3.00. The van der Waals surface area contributed by atoms with E-state index in [1.807, 2.05) is 0 Å². The molecule has 15 heavy (non-hydrogen) atoms. The van der Waals surface area contributed by atoms with E-state index >= 15 is 0 Å². The van der Waals surface area contributed by atoms with Crippen molar-refractivity contribution in [3.63, 3.8) is 0 Å². The number of hydrogen-bond acceptors (Lipinski definition) is 2. The third kappa shape index (κ3) is 3.33. The number of nitrogens with zero attached hydrogens (tertiary/aromatic N) is 1. The van der Waals surface area contributed by atoms with Gasteiger partial charge in [0.25, 0.3) is 6.43 Å². The predicted octanol–water partition coefficient (Wildman–Crippen LogP) is 3.01. The van der Waals surface area contributed by atoms with Gasteiger partial charge in [-0.3, -0.25) is 4.79 Å². The van der Waals surface area contributed by atoms with Crippen LogP contribution in [0.25, 0.3) is 0 Å². The zero-order valence-electron chi connectivity index (χ0n) is 7.18. The van der Waals surface area contributed by atoms with Crippen molar-refractivity contribution in [2.75, 3.05) is 0 Å². The molecule has 0 aliphatic heterocycles. The van der Waals surface area contributed by atoms with E-state index in [-0.39, 0.29) is 25.9 Å². The molecule has 0 unspecified atom stereocenters. The number of aromatic nitrogens is 1. The zero-order chi connectivity index (χ0) is 11.6. The maximum absolute atomic E-state index is 12.5. The summed E-state index contributed by atoms with van der Waals surface area (Å²) in [7, 11) is 0. The Morgan fingerprint density at radius 2 is 2.27 bits per heavy atom. The van der Waals surface area contributed by atoms with E-state index in [0.717, 1.165) is 0 Å². The van der Waals surface area contributed by atoms with E-state index in [2.05, 4.69) is 20.9 Å². The number of rotatable bonds is 3. The average Bonchev–Trinajstić information content (AvgIpc) is 2.09. The average molecular weight is 392 g/mol. The smallest absolute Gasteiger partial charge is 0.309 e. The number of carboxylic acid groups (broad SMARTS) is 1. The van der Waals surface area contributed by atoms with Gasteiger partial charge in [-0.1, -0.05) is 0 Å². The Hall–Kier alpha value is -0.310. The Labute approximate surface area is 106 Å². The van der Waals surface area contributed by atoms with Gasteiger partial charge in [0, 0.05) is 9.13 Å². The number of aliphatic carboxylic acids is 1. The fourth-order valence-corrected chi connectivity index (χ4v) is 2.15. The molecule has 0 aromatic carbocycles. The van der Waals surface area contributed by atoms with Crippen molar-refractivity contribution in [2.45, 2.75) is 12.8 Å². The molecule has 82 valence electrons. The molecule has 0 radical (unpaired) electrons. The molecule has 0 atom stereocenters. The molecular weight excluding hydrogens is 387 g/mol. The van der Waals surface area contributed by atoms with E-state index < -0.39 is 12.4 Å². The van der Waals surface area contributed by atoms with Gasteiger partial charge in [-0.2, -0.15) is 0 Å². The first-order chi connectivity index (χ1) is 6.91. The highest BCUT2D eigenvalue weighted by Crippen LogP contribution is 2.28. The maximum atomic E-state index is 12.5. The molecule has 0 saturated heterocycles. The highest BCUT2D eigenvalue weighted by Gasteiger charge is 2.18. The van der Waals surface area contributed by atoms with Crippen LogP contribution in [0.3, 0.4) is 0 Å². The van der Waals surface area contributed by atoms with Crippen LogP contribution in [0.4, 0.5) is 8.78 Å². The van der Waals surface area contributed by atoms with E-state index in [1.165, 1.54) is 6.07 Å². The minimum absolute atomic E-state index is 0.146. The highest BCUT2D eigenvalue weighted by molar-refractivity contribution is 14.1. The third-order valence-corrected chi connectivity index (χ3v) is 3.23. The lowest BCUT2D eigenvalue weighted by molar-refractivity contribution is -0.136. The second kappa shape index (κ2) is 5.15. The summed E-state index contributed by atoms with van der Waals surface area (Å²) in [5.74, 6) is -1.10. The van der Waals surface area contributed by atoms with Gasteiger partial charge in [-0.05, 0) is 44.6 Å². The number of halogens is 4. The van der Waals surface area contributed by atoms with Crippen LogP contribution < -0.4 is 0 Å². The molecule has 1 aromatic heterocycles. The van der Waals surface area contributed by atoms with Gasteiger partial charge in [-0.15, -0.1) is 0 Å². The van der Waals surface area contributed by atoms with Gasteiger partial charge >= 0.3 is 5.97 Å². The van der Waals surface area contributed by atoms with E-state index in [9.17, 15) is 13.6 Å². The number of carbonyl (C=O) groups is 1. The molecule has 0 fully saturated rings. The molecule has 0 amide bonds. The Bertz CT molecular complexity index is 400. The van der Waals surface area contributed by atoms with Crippen LogP contribution in [-0.4, -0.2) is 16.1 Å². The Morgan fingerprint density at radius 3 is 2.73 bits per heavy atom. The van der Waals surface area contributed by atoms with E-state index in [0.29, 0.717) is 0 Å². The monoisotopic (exact) mass is 391 g/mol. The van der Waals surface area contributed by atoms with Crippen LogP contribution in [0.5, 0.6) is 0 Å². The van der Waals surface area contributed by atoms with Crippen molar-refractivity contribution in [2.24, 2.45) is 0 Å². The first-order valence-corrected chi connectivity index (χ1v) is 5.63. The van der Waals surface area contributed by atoms with Gasteiger partial charge in [0.1, 0.15) is 4.60 Å². The predicted molar refractivity (Wildman–Crippen MR) is 61.0 cm³/mol. The molecule has 3 nitrogen and oxygen atoms in total. The maximum Gasteiger partial charge on any atom is 0.309 e. The number of hydrogen-bond donors (Lipinski definition) is 1. The van der Waals surface area contributed by atoms with Crippen LogP contribution in [0, 0.1) is 3.57 Å². The third-order valence-electron chi connectivity index (χ3n) is 1.58.